The van der Waals surface area contributed by atoms with Gasteiger partial charge in [-0.15, -0.1) is 0 Å². The molecule has 7 heteroatoms. The second-order valence-electron chi connectivity index (χ2n) is 5.03. The maximum absolute atomic E-state index is 12.4. The lowest BCUT2D eigenvalue weighted by Crippen LogP contribution is -2.40. The van der Waals surface area contributed by atoms with Crippen LogP contribution in [0.15, 0.2) is 18.2 Å². The molecule has 0 heterocycles. The predicted octanol–water partition coefficient (Wildman–Crippen LogP) is 2.80. The van der Waals surface area contributed by atoms with Crippen molar-refractivity contribution in [3.05, 3.63) is 28.8 Å². The number of alkyl halides is 2. The molecule has 0 bridgehead atoms. The zero-order valence-electron chi connectivity index (χ0n) is 11.3. The van der Waals surface area contributed by atoms with Gasteiger partial charge in [0.05, 0.1) is 5.56 Å². The monoisotopic (exact) mass is 318 g/mol. The summed E-state index contributed by atoms with van der Waals surface area (Å²) in [5, 5.41) is 3.12. The SMILES string of the molecule is NCC1CCCC1NC(=O)c1cc(Cl)ccc1OC(F)F. The van der Waals surface area contributed by atoms with E-state index in [1.54, 1.807) is 0 Å². The zero-order valence-corrected chi connectivity index (χ0v) is 12.1. The number of ether oxygens (including phenoxy) is 1. The molecule has 0 radical (unpaired) electrons. The summed E-state index contributed by atoms with van der Waals surface area (Å²) in [7, 11) is 0. The Bertz CT molecular complexity index is 514. The number of carbonyl (C=O) groups is 1. The minimum Gasteiger partial charge on any atom is -0.434 e. The Morgan fingerprint density at radius 3 is 2.90 bits per heavy atom. The maximum atomic E-state index is 12.4. The molecule has 2 rings (SSSR count). The maximum Gasteiger partial charge on any atom is 0.387 e. The summed E-state index contributed by atoms with van der Waals surface area (Å²) in [6.45, 7) is -2.51. The summed E-state index contributed by atoms with van der Waals surface area (Å²) in [6.07, 6.45) is 2.78. The van der Waals surface area contributed by atoms with Gasteiger partial charge in [-0.3, -0.25) is 4.79 Å². The van der Waals surface area contributed by atoms with E-state index in [9.17, 15) is 13.6 Å². The highest BCUT2D eigenvalue weighted by Crippen LogP contribution is 2.28. The largest absolute Gasteiger partial charge is 0.434 e. The molecule has 2 atom stereocenters. The second-order valence-corrected chi connectivity index (χ2v) is 5.46. The third-order valence-electron chi connectivity index (χ3n) is 3.68. The number of amides is 1. The second kappa shape index (κ2) is 7.04. The van der Waals surface area contributed by atoms with E-state index >= 15 is 0 Å². The topological polar surface area (TPSA) is 64.3 Å². The highest BCUT2D eigenvalue weighted by molar-refractivity contribution is 6.31. The summed E-state index contributed by atoms with van der Waals surface area (Å²) in [5.41, 5.74) is 5.67. The van der Waals surface area contributed by atoms with Gasteiger partial charge in [-0.1, -0.05) is 18.0 Å². The molecule has 3 N–H and O–H groups in total. The lowest BCUT2D eigenvalue weighted by Gasteiger charge is -2.20. The quantitative estimate of drug-likeness (QED) is 0.877. The average Bonchev–Trinajstić information content (AvgIpc) is 2.87. The summed E-state index contributed by atoms with van der Waals surface area (Å²) < 4.78 is 29.1. The van der Waals surface area contributed by atoms with Gasteiger partial charge < -0.3 is 15.8 Å². The number of nitrogens with two attached hydrogens (primary N) is 1. The lowest BCUT2D eigenvalue weighted by atomic mass is 10.0. The molecule has 1 aromatic rings. The third kappa shape index (κ3) is 4.04. The van der Waals surface area contributed by atoms with Crippen LogP contribution in [0.2, 0.25) is 5.02 Å². The van der Waals surface area contributed by atoms with Crippen molar-refractivity contribution in [2.45, 2.75) is 31.9 Å². The fourth-order valence-electron chi connectivity index (χ4n) is 2.63. The Morgan fingerprint density at radius 2 is 2.24 bits per heavy atom. The summed E-state index contributed by atoms with van der Waals surface area (Å²) in [6, 6.07) is 3.94. The van der Waals surface area contributed by atoms with Gasteiger partial charge >= 0.3 is 6.61 Å². The van der Waals surface area contributed by atoms with Crippen molar-refractivity contribution < 1.29 is 18.3 Å². The molecular formula is C14H17ClF2N2O2. The van der Waals surface area contributed by atoms with Crippen molar-refractivity contribution in [3.8, 4) is 5.75 Å². The molecular weight excluding hydrogens is 302 g/mol. The molecule has 1 saturated carbocycles. The first-order valence-corrected chi connectivity index (χ1v) is 7.14. The van der Waals surface area contributed by atoms with Crippen molar-refractivity contribution in [3.63, 3.8) is 0 Å². The average molecular weight is 319 g/mol. The summed E-state index contributed by atoms with van der Waals surface area (Å²) in [4.78, 5) is 12.3. The van der Waals surface area contributed by atoms with Crippen LogP contribution in [0.25, 0.3) is 0 Å². The molecule has 4 nitrogen and oxygen atoms in total. The van der Waals surface area contributed by atoms with Crippen LogP contribution < -0.4 is 15.8 Å². The van der Waals surface area contributed by atoms with Crippen LogP contribution in [0.1, 0.15) is 29.6 Å². The van der Waals surface area contributed by atoms with Crippen LogP contribution in [-0.4, -0.2) is 25.1 Å². The van der Waals surface area contributed by atoms with Gasteiger partial charge in [0.1, 0.15) is 5.75 Å². The Hall–Kier alpha value is -1.40. The predicted molar refractivity (Wildman–Crippen MR) is 75.7 cm³/mol. The van der Waals surface area contributed by atoms with E-state index in [0.29, 0.717) is 6.54 Å². The van der Waals surface area contributed by atoms with Gasteiger partial charge in [-0.25, -0.2) is 0 Å². The van der Waals surface area contributed by atoms with E-state index in [1.807, 2.05) is 0 Å². The molecule has 1 aliphatic rings. The van der Waals surface area contributed by atoms with E-state index in [4.69, 9.17) is 17.3 Å². The van der Waals surface area contributed by atoms with Gasteiger partial charge in [-0.05, 0) is 43.5 Å². The first-order chi connectivity index (χ1) is 10.0. The van der Waals surface area contributed by atoms with Crippen LogP contribution in [0, 0.1) is 5.92 Å². The molecule has 0 aromatic heterocycles. The van der Waals surface area contributed by atoms with E-state index < -0.39 is 12.5 Å². The van der Waals surface area contributed by atoms with Crippen LogP contribution in [-0.2, 0) is 0 Å². The van der Waals surface area contributed by atoms with E-state index in [2.05, 4.69) is 10.1 Å². The Balaban J connectivity index is 2.16. The van der Waals surface area contributed by atoms with Gasteiger partial charge in [-0.2, -0.15) is 8.78 Å². The van der Waals surface area contributed by atoms with Crippen molar-refractivity contribution >= 4 is 17.5 Å². The fourth-order valence-corrected chi connectivity index (χ4v) is 2.81. The smallest absolute Gasteiger partial charge is 0.387 e. The lowest BCUT2D eigenvalue weighted by molar-refractivity contribution is -0.0501. The third-order valence-corrected chi connectivity index (χ3v) is 3.92. The molecule has 0 saturated heterocycles. The number of hydrogen-bond acceptors (Lipinski definition) is 3. The zero-order chi connectivity index (χ0) is 15.4. The van der Waals surface area contributed by atoms with Crippen LogP contribution in [0.3, 0.4) is 0 Å². The van der Waals surface area contributed by atoms with Gasteiger partial charge in [0.25, 0.3) is 5.91 Å². The number of rotatable bonds is 5. The number of carbonyl (C=O) groups excluding carboxylic acids is 1. The van der Waals surface area contributed by atoms with Crippen LogP contribution in [0.5, 0.6) is 5.75 Å². The van der Waals surface area contributed by atoms with Crippen molar-refractivity contribution in [2.75, 3.05) is 6.54 Å². The first kappa shape index (κ1) is 16.0. The van der Waals surface area contributed by atoms with E-state index in [0.717, 1.165) is 19.3 Å². The molecule has 1 amide bonds. The van der Waals surface area contributed by atoms with Gasteiger partial charge in [0.15, 0.2) is 0 Å². The molecule has 1 fully saturated rings. The first-order valence-electron chi connectivity index (χ1n) is 6.76. The van der Waals surface area contributed by atoms with Crippen molar-refractivity contribution in [1.82, 2.24) is 5.32 Å². The minimum atomic E-state index is -3.00. The Kier molecular flexibility index (Phi) is 5.36. The molecule has 0 aliphatic heterocycles. The van der Waals surface area contributed by atoms with Crippen molar-refractivity contribution in [2.24, 2.45) is 11.7 Å². The molecule has 21 heavy (non-hydrogen) atoms. The molecule has 1 aliphatic carbocycles. The minimum absolute atomic E-state index is 0.00507. The Labute approximate surface area is 126 Å². The van der Waals surface area contributed by atoms with Gasteiger partial charge in [0, 0.05) is 11.1 Å². The molecule has 116 valence electrons. The standard InChI is InChI=1S/C14H17ClF2N2O2/c15-9-4-5-12(21-14(16)17)10(6-9)13(20)19-11-3-1-2-8(11)7-18/h4-6,8,11,14H,1-3,7,18H2,(H,19,20). The fraction of sp³-hybridized carbons (Fsp3) is 0.500. The highest BCUT2D eigenvalue weighted by atomic mass is 35.5. The number of halogens is 3. The van der Waals surface area contributed by atoms with Crippen LogP contribution in [0.4, 0.5) is 8.78 Å². The number of hydrogen-bond donors (Lipinski definition) is 2. The Morgan fingerprint density at radius 1 is 1.48 bits per heavy atom. The molecule has 2 unspecified atom stereocenters. The summed E-state index contributed by atoms with van der Waals surface area (Å²) in [5.74, 6) is -0.444. The molecule has 1 aromatic carbocycles. The number of benzene rings is 1. The van der Waals surface area contributed by atoms with Gasteiger partial charge in [0.2, 0.25) is 0 Å². The van der Waals surface area contributed by atoms with Crippen LogP contribution >= 0.6 is 11.6 Å². The summed E-state index contributed by atoms with van der Waals surface area (Å²) >= 11 is 5.83. The van der Waals surface area contributed by atoms with E-state index in [1.165, 1.54) is 18.2 Å². The highest BCUT2D eigenvalue weighted by Gasteiger charge is 2.28. The number of nitrogens with one attached hydrogen (secondary N) is 1. The molecule has 0 spiro atoms. The van der Waals surface area contributed by atoms with Crippen molar-refractivity contribution in [1.29, 1.82) is 0 Å². The normalized spacial score (nSPS) is 21.6. The van der Waals surface area contributed by atoms with E-state index in [-0.39, 0.29) is 28.3 Å².